The summed E-state index contributed by atoms with van der Waals surface area (Å²) >= 11 is -2.98. The summed E-state index contributed by atoms with van der Waals surface area (Å²) in [6, 6.07) is -3.43. The molecular weight excluding hydrogens is 1450 g/mol. The molecule has 0 aromatic rings. The summed E-state index contributed by atoms with van der Waals surface area (Å²) in [6.45, 7) is -3.34. The van der Waals surface area contributed by atoms with Crippen LogP contribution in [0.4, 0.5) is 0 Å². The normalized spacial score (nSPS) is 29.9. The zero-order valence-electron chi connectivity index (χ0n) is 46.0. The van der Waals surface area contributed by atoms with Crippen LogP contribution < -0.4 is 14.2 Å². The molecule has 5 fully saturated rings. The number of hydrogen-bond acceptors (Lipinski definition) is 35. The van der Waals surface area contributed by atoms with Crippen LogP contribution >= 0.6 is 0 Å². The molecule has 0 spiro atoms. The Kier molecular flexibility index (Phi) is 46.5. The number of ether oxygens (including phenoxy) is 6. The molecule has 5 heterocycles. The summed E-state index contributed by atoms with van der Waals surface area (Å²) in [6.07, 6.45) is -15.3. The van der Waals surface area contributed by atoms with E-state index in [0.717, 1.165) is 7.11 Å². The number of aliphatic hydroxyl groups is 6. The molecule has 5 saturated heterocycles. The Labute approximate surface area is 519 Å². The lowest BCUT2D eigenvalue weighted by atomic mass is 9.99. The molecule has 0 bridgehead atoms. The minimum atomic E-state index is -4.70. The van der Waals surface area contributed by atoms with Crippen molar-refractivity contribution in [3.8, 4) is 0 Å². The molecule has 26 N–H and O–H groups in total. The number of aliphatic hydroxyl groups excluding tert-OH is 6. The number of nitrogens with one attached hydrogen (secondary N) is 3. The number of carboxylic acid groups (broad SMARTS) is 2. The van der Waals surface area contributed by atoms with E-state index in [4.69, 9.17) is 85.8 Å². The topological polar surface area (TPSA) is 880 Å². The van der Waals surface area contributed by atoms with Crippen LogP contribution in [0.15, 0.2) is 0 Å². The van der Waals surface area contributed by atoms with Gasteiger partial charge in [0.25, 0.3) is 0 Å². The Morgan fingerprint density at radius 2 is 0.868 bits per heavy atom. The Morgan fingerprint density at radius 1 is 0.484 bits per heavy atom. The van der Waals surface area contributed by atoms with Crippen molar-refractivity contribution < 1.29 is 221 Å². The number of methoxy groups -OCH3 is 1. The van der Waals surface area contributed by atoms with E-state index in [-0.39, 0.29) is 67.4 Å². The second kappa shape index (κ2) is 43.6. The predicted molar refractivity (Wildman–Crippen MR) is 284 cm³/mol. The largest absolute Gasteiger partial charge is 0.750 e. The smallest absolute Gasteiger partial charge is 0.397 e. The van der Waals surface area contributed by atoms with Gasteiger partial charge < -0.3 is 95.7 Å². The summed E-state index contributed by atoms with van der Waals surface area (Å²) in [5.74, 6) is -2.35. The van der Waals surface area contributed by atoms with Gasteiger partial charge in [-0.05, 0) is 0 Å². The molecule has 0 amide bonds. The molecule has 5 aliphatic heterocycles. The number of carboxylic acids is 2. The highest BCUT2D eigenvalue weighted by molar-refractivity contribution is 7.84. The number of aliphatic carboxylic acids is 2. The zero-order chi connectivity index (χ0) is 67.9. The maximum absolute atomic E-state index is 10.7. The van der Waals surface area contributed by atoms with E-state index in [1.165, 1.54) is 7.11 Å². The monoisotopic (exact) mass is 1520 g/mol. The maximum Gasteiger partial charge on any atom is 0.397 e. The van der Waals surface area contributed by atoms with Gasteiger partial charge in [-0.2, -0.15) is 73.1 Å². The minimum Gasteiger partial charge on any atom is -0.750 e. The van der Waals surface area contributed by atoms with E-state index in [1.54, 1.807) is 14.2 Å². The molecule has 552 valence electrons. The summed E-state index contributed by atoms with van der Waals surface area (Å²) in [4.78, 5) is 20.7. The van der Waals surface area contributed by atoms with E-state index >= 15 is 0 Å². The second-order valence-corrected chi connectivity index (χ2v) is 25.6. The third-order valence-corrected chi connectivity index (χ3v) is 14.6. The van der Waals surface area contributed by atoms with Crippen molar-refractivity contribution in [2.45, 2.75) is 123 Å². The van der Waals surface area contributed by atoms with E-state index < -0.39 is 226 Å². The summed E-state index contributed by atoms with van der Waals surface area (Å²) in [7, 11) is -30.1. The van der Waals surface area contributed by atoms with Crippen molar-refractivity contribution in [1.82, 2.24) is 14.2 Å². The molecule has 5 aliphatic rings. The van der Waals surface area contributed by atoms with Crippen molar-refractivity contribution in [1.29, 1.82) is 0 Å². The third kappa shape index (κ3) is 45.5. The standard InChI is InChI=1S/C7H15NO10S2.C6H13NO11S3.C6H13NO9S2.C6H10O8S.C6H10O5.CH4O.4H2O/c1-16-7-5(3-18-20(13,14)15)17-2-4(6(7)9)8-19(10,11)12;8-19(9)18-6-1-4(2-17-21(13,14)15)16-3-5(6)7-20(10,11)12;8-6-1-4(2-16-18(12,13)14)15-3-5(6)7-17(9,10)11;7-3-1-4(6(8)9)13-2-5(3)14-15(10,11)12;7-3-1-5(6(9)10)11-2-4(3)8;1-2;;;;/h4-9H,2-3H2,1H3,(H,10,11,12)(H,13,14,15);4-7H,1-3H2,(H,8,9)(H,10,11,12)(H,13,14,15);4-8H,1-3H2,(H,9,10,11)(H,12,13,14);3-5,7H,1-2H2,(H,8,9)(H,10,11,12);3-5,7-8H,1-2H2,(H,9,10);2H,1H3;4*1H2/p-1/t4?,5?,6-,7+;2*4?,5?,6-;2*3-,4?,5?;;;;;/m01111...../s1. The van der Waals surface area contributed by atoms with Crippen LogP contribution in [0.1, 0.15) is 25.7 Å². The molecule has 0 aliphatic carbocycles. The van der Waals surface area contributed by atoms with Crippen molar-refractivity contribution >= 4 is 95.8 Å². The number of rotatable bonds is 22. The van der Waals surface area contributed by atoms with Crippen LogP contribution in [0.3, 0.4) is 0 Å². The first kappa shape index (κ1) is 97.1. The van der Waals surface area contributed by atoms with Gasteiger partial charge in [0.2, 0.25) is 0 Å². The Balaban J connectivity index is -0.000000337. The fraction of sp³-hybridized carbons (Fsp3) is 0.938. The van der Waals surface area contributed by atoms with Crippen LogP contribution in [-0.4, -0.2) is 339 Å². The molecular formula is C32H72N3O48S8-. The van der Waals surface area contributed by atoms with Crippen LogP contribution in [0.2, 0.25) is 0 Å². The summed E-state index contributed by atoms with van der Waals surface area (Å²) < 4.78 is 282. The van der Waals surface area contributed by atoms with Crippen molar-refractivity contribution in [2.75, 3.05) is 67.1 Å². The molecule has 59 heteroatoms. The Bertz CT molecular complexity index is 2940. The molecule has 0 radical (unpaired) electrons. The van der Waals surface area contributed by atoms with Crippen LogP contribution in [0, 0.1) is 0 Å². The first-order valence-corrected chi connectivity index (χ1v) is 33.7. The molecule has 5 rings (SSSR count). The second-order valence-electron chi connectivity index (χ2n) is 17.1. The van der Waals surface area contributed by atoms with Gasteiger partial charge in [0.1, 0.15) is 30.5 Å². The van der Waals surface area contributed by atoms with Crippen molar-refractivity contribution in [2.24, 2.45) is 0 Å². The minimum absolute atomic E-state index is 0. The Hall–Kier alpha value is -2.54. The van der Waals surface area contributed by atoms with E-state index in [9.17, 15) is 92.6 Å². The highest BCUT2D eigenvalue weighted by Crippen LogP contribution is 2.23. The Morgan fingerprint density at radius 3 is 1.24 bits per heavy atom. The van der Waals surface area contributed by atoms with Gasteiger partial charge >= 0.3 is 84.4 Å². The predicted octanol–water partition coefficient (Wildman–Crippen LogP) is -14.1. The van der Waals surface area contributed by atoms with Crippen molar-refractivity contribution in [3.63, 3.8) is 0 Å². The van der Waals surface area contributed by atoms with Crippen molar-refractivity contribution in [3.05, 3.63) is 0 Å². The average Bonchev–Trinajstić information content (AvgIpc) is 1.48. The lowest BCUT2D eigenvalue weighted by molar-refractivity contribution is -0.168. The van der Waals surface area contributed by atoms with Crippen LogP contribution in [0.5, 0.6) is 0 Å². The quantitative estimate of drug-likeness (QED) is 0.0353. The third-order valence-electron chi connectivity index (χ3n) is 10.6. The van der Waals surface area contributed by atoms with Gasteiger partial charge in [0.05, 0.1) is 119 Å². The highest BCUT2D eigenvalue weighted by atomic mass is 32.3. The first-order valence-electron chi connectivity index (χ1n) is 22.9. The summed E-state index contributed by atoms with van der Waals surface area (Å²) in [5.41, 5.74) is 0. The average molecular weight is 1520 g/mol. The highest BCUT2D eigenvalue weighted by Gasteiger charge is 2.43. The van der Waals surface area contributed by atoms with E-state index in [1.807, 2.05) is 0 Å². The van der Waals surface area contributed by atoms with Crippen LogP contribution in [-0.2, 0) is 143 Å². The van der Waals surface area contributed by atoms with Gasteiger partial charge in [-0.15, -0.1) is 0 Å². The molecule has 0 aromatic heterocycles. The fourth-order valence-corrected chi connectivity index (χ4v) is 10.6. The van der Waals surface area contributed by atoms with Crippen LogP contribution in [0.25, 0.3) is 0 Å². The zero-order valence-corrected chi connectivity index (χ0v) is 52.6. The molecule has 17 atom stereocenters. The summed E-state index contributed by atoms with van der Waals surface area (Å²) in [5, 5.41) is 70.6. The lowest BCUT2D eigenvalue weighted by Gasteiger charge is -2.38. The fourth-order valence-electron chi connectivity index (χ4n) is 6.93. The van der Waals surface area contributed by atoms with E-state index in [0.29, 0.717) is 0 Å². The van der Waals surface area contributed by atoms with Gasteiger partial charge in [-0.25, -0.2) is 30.5 Å². The number of carbonyl (C=O) groups is 2. The van der Waals surface area contributed by atoms with Gasteiger partial charge in [0.15, 0.2) is 12.2 Å². The number of hydrogen-bond donors (Lipinski definition) is 18. The molecule has 0 aromatic carbocycles. The molecule has 91 heavy (non-hydrogen) atoms. The molecule has 11 unspecified atom stereocenters. The van der Waals surface area contributed by atoms with Gasteiger partial charge in [0, 0.05) is 39.9 Å². The molecule has 51 nitrogen and oxygen atoms in total. The van der Waals surface area contributed by atoms with E-state index in [2.05, 4.69) is 20.9 Å². The SMILES string of the molecule is CO.CO[C@@H]1C(COS(=O)(=O)O)OCC(NS(=O)(=O)O)[C@@H]1O.O.O.O.O.O=C(O)C1C[C@@H](O)C(O)CO1.O=C(O)C1C[C@@H](O)C(OS(=O)(=O)O)CO1.O=S(=O)(O)NC1COC(COS(=O)(=O)O)C[C@H]1O.O=S([O-])O[C@@H]1CC(COS(=O)(=O)O)OCC1NS(=O)(=O)O. The maximum atomic E-state index is 10.7. The first-order chi connectivity index (χ1) is 39.5. The lowest BCUT2D eigenvalue weighted by Crippen LogP contribution is -2.60. The van der Waals surface area contributed by atoms with Gasteiger partial charge in [-0.3, -0.25) is 36.1 Å². The van der Waals surface area contributed by atoms with Gasteiger partial charge in [-0.1, -0.05) is 0 Å². The molecule has 0 saturated carbocycles.